The van der Waals surface area contributed by atoms with Gasteiger partial charge in [-0.1, -0.05) is 24.3 Å². The monoisotopic (exact) mass is 531 g/mol. The van der Waals surface area contributed by atoms with E-state index in [1.807, 2.05) is 29.3 Å². The summed E-state index contributed by atoms with van der Waals surface area (Å²) in [5.41, 5.74) is 1.56. The molecule has 0 saturated carbocycles. The van der Waals surface area contributed by atoms with Gasteiger partial charge in [-0.25, -0.2) is 8.78 Å². The molecular weight excluding hydrogens is 511 g/mol. The minimum absolute atomic E-state index is 0.0639. The first-order valence-corrected chi connectivity index (χ1v) is 13.6. The third-order valence-electron chi connectivity index (χ3n) is 6.65. The lowest BCUT2D eigenvalue weighted by Crippen LogP contribution is -2.65. The van der Waals surface area contributed by atoms with Gasteiger partial charge in [0.05, 0.1) is 15.5 Å². The molecule has 1 saturated heterocycles. The van der Waals surface area contributed by atoms with Crippen LogP contribution >= 0.6 is 33.0 Å². The van der Waals surface area contributed by atoms with Gasteiger partial charge in [-0.15, -0.1) is 11.8 Å². The van der Waals surface area contributed by atoms with Gasteiger partial charge in [0.1, 0.15) is 6.17 Å². The number of fused-ring (bicyclic) bond motifs is 4. The van der Waals surface area contributed by atoms with Crippen molar-refractivity contribution in [2.45, 2.75) is 22.9 Å². The maximum Gasteiger partial charge on any atom is 0.278 e. The van der Waals surface area contributed by atoms with Crippen molar-refractivity contribution in [1.82, 2.24) is 9.58 Å². The lowest BCUT2D eigenvalue weighted by molar-refractivity contribution is 0.0590. The van der Waals surface area contributed by atoms with Crippen molar-refractivity contribution < 1.29 is 18.1 Å². The van der Waals surface area contributed by atoms with Crippen LogP contribution in [0.5, 0.6) is 5.75 Å². The molecule has 1 aromatic heterocycles. The molecule has 3 aliphatic rings. The van der Waals surface area contributed by atoms with Gasteiger partial charge >= 0.3 is 0 Å². The lowest BCUT2D eigenvalue weighted by Gasteiger charge is -2.51. The van der Waals surface area contributed by atoms with E-state index in [2.05, 4.69) is 9.47 Å². The summed E-state index contributed by atoms with van der Waals surface area (Å²) in [6.45, 7) is 0.498. The molecule has 6 nitrogen and oxygen atoms in total. The summed E-state index contributed by atoms with van der Waals surface area (Å²) in [7, 11) is 2.05. The first-order valence-electron chi connectivity index (χ1n) is 11.0. The van der Waals surface area contributed by atoms with Crippen molar-refractivity contribution in [2.24, 2.45) is 0 Å². The number of aromatic nitrogens is 1. The molecule has 0 spiro atoms. The molecule has 1 amide bonds. The summed E-state index contributed by atoms with van der Waals surface area (Å²) in [4.78, 5) is 28.9. The molecule has 35 heavy (non-hydrogen) atoms. The molecule has 6 rings (SSSR count). The van der Waals surface area contributed by atoms with E-state index < -0.39 is 23.1 Å². The number of halogens is 2. The van der Waals surface area contributed by atoms with Crippen LogP contribution < -0.4 is 15.0 Å². The highest BCUT2D eigenvalue weighted by molar-refractivity contribution is 7.99. The Morgan fingerprint density at radius 3 is 2.71 bits per heavy atom. The number of hydrogen-bond donors (Lipinski definition) is 0. The molecule has 3 atom stereocenters. The highest BCUT2D eigenvalue weighted by Crippen LogP contribution is 2.45. The third-order valence-corrected chi connectivity index (χ3v) is 9.01. The van der Waals surface area contributed by atoms with E-state index in [-0.39, 0.29) is 29.3 Å². The Hall–Kier alpha value is -2.55. The molecule has 0 N–H and O–H groups in total. The summed E-state index contributed by atoms with van der Waals surface area (Å²) < 4.78 is 36.5. The van der Waals surface area contributed by atoms with Gasteiger partial charge < -0.3 is 9.42 Å². The SMILES string of the molecule is O=C1c2c(OP)c(=O)ccn2N([C@@H]2c3ccccc3SCc3c2ccc(F)c3F)[C@@H]2CSCCN12. The Kier molecular flexibility index (Phi) is 5.78. The average Bonchev–Trinajstić information content (AvgIpc) is 3.04. The molecule has 3 aliphatic heterocycles. The molecule has 1 unspecified atom stereocenters. The predicted molar refractivity (Wildman–Crippen MR) is 136 cm³/mol. The summed E-state index contributed by atoms with van der Waals surface area (Å²) in [5.74, 6) is -0.434. The zero-order chi connectivity index (χ0) is 24.3. The third kappa shape index (κ3) is 3.49. The van der Waals surface area contributed by atoms with E-state index in [0.717, 1.165) is 22.3 Å². The van der Waals surface area contributed by atoms with Crippen LogP contribution in [0.15, 0.2) is 58.4 Å². The van der Waals surface area contributed by atoms with Crippen LogP contribution in [0.2, 0.25) is 0 Å². The van der Waals surface area contributed by atoms with Crippen molar-refractivity contribution >= 4 is 38.9 Å². The Bertz CT molecular complexity index is 1420. The molecule has 3 aromatic rings. The number of carbonyl (C=O) groups is 1. The Morgan fingerprint density at radius 2 is 1.89 bits per heavy atom. The summed E-state index contributed by atoms with van der Waals surface area (Å²) in [6.07, 6.45) is 1.20. The van der Waals surface area contributed by atoms with Crippen molar-refractivity contribution in [3.63, 3.8) is 0 Å². The van der Waals surface area contributed by atoms with Crippen LogP contribution in [0.3, 0.4) is 0 Å². The number of pyridine rings is 1. The van der Waals surface area contributed by atoms with E-state index >= 15 is 4.39 Å². The molecule has 11 heteroatoms. The Morgan fingerprint density at radius 1 is 1.06 bits per heavy atom. The van der Waals surface area contributed by atoms with E-state index in [1.54, 1.807) is 33.6 Å². The standard InChI is InChI=1S/C24H20F2N3O3PS2/c25-16-6-5-13-15(20(16)26)11-35-18-4-2-1-3-14(18)21(13)29-19-12-34-10-9-27(19)24(31)22-23(32-33)17(30)7-8-28(22)29/h1-8,19,21H,9-12,33H2/t19-,21+/m1/s1. The summed E-state index contributed by atoms with van der Waals surface area (Å²) in [6, 6.07) is 11.4. The van der Waals surface area contributed by atoms with Crippen molar-refractivity contribution in [1.29, 1.82) is 0 Å². The smallest absolute Gasteiger partial charge is 0.278 e. The van der Waals surface area contributed by atoms with Gasteiger partial charge in [-0.05, 0) is 23.3 Å². The van der Waals surface area contributed by atoms with Gasteiger partial charge in [-0.3, -0.25) is 19.3 Å². The number of amides is 1. The zero-order valence-electron chi connectivity index (χ0n) is 18.3. The van der Waals surface area contributed by atoms with Crippen LogP contribution in [-0.4, -0.2) is 39.7 Å². The largest absolute Gasteiger partial charge is 0.474 e. The number of rotatable bonds is 2. The topological polar surface area (TPSA) is 54.8 Å². The Balaban J connectivity index is 1.68. The quantitative estimate of drug-likeness (QED) is 0.463. The summed E-state index contributed by atoms with van der Waals surface area (Å²) in [5, 5.41) is 2.01. The van der Waals surface area contributed by atoms with Gasteiger partial charge in [-0.2, -0.15) is 11.8 Å². The fourth-order valence-electron chi connectivity index (χ4n) is 5.08. The van der Waals surface area contributed by atoms with Crippen LogP contribution in [0.25, 0.3) is 0 Å². The zero-order valence-corrected chi connectivity index (χ0v) is 21.1. The molecule has 180 valence electrons. The fraction of sp³-hybridized carbons (Fsp3) is 0.250. The van der Waals surface area contributed by atoms with Gasteiger partial charge in [0.25, 0.3) is 5.91 Å². The molecule has 4 heterocycles. The van der Waals surface area contributed by atoms with Gasteiger partial charge in [0, 0.05) is 46.5 Å². The van der Waals surface area contributed by atoms with Crippen LogP contribution in [0.4, 0.5) is 8.78 Å². The predicted octanol–water partition coefficient (Wildman–Crippen LogP) is 4.16. The summed E-state index contributed by atoms with van der Waals surface area (Å²) >= 11 is 3.18. The number of nitrogens with zero attached hydrogens (tertiary/aromatic N) is 3. The van der Waals surface area contributed by atoms with E-state index in [9.17, 15) is 14.0 Å². The second-order valence-electron chi connectivity index (χ2n) is 8.41. The molecule has 0 bridgehead atoms. The van der Waals surface area contributed by atoms with Gasteiger partial charge in [0.2, 0.25) is 11.2 Å². The maximum atomic E-state index is 15.1. The maximum absolute atomic E-state index is 15.1. The minimum Gasteiger partial charge on any atom is -0.474 e. The minimum atomic E-state index is -0.888. The van der Waals surface area contributed by atoms with Crippen LogP contribution in [0, 0.1) is 11.6 Å². The first-order chi connectivity index (χ1) is 17.0. The van der Waals surface area contributed by atoms with Crippen molar-refractivity contribution in [2.75, 3.05) is 23.1 Å². The van der Waals surface area contributed by atoms with Crippen LogP contribution in [-0.2, 0) is 5.75 Å². The number of benzene rings is 2. The molecule has 2 aromatic carbocycles. The normalized spacial score (nSPS) is 20.9. The molecular formula is C24H20F2N3O3PS2. The fourth-order valence-corrected chi connectivity index (χ4v) is 7.46. The lowest BCUT2D eigenvalue weighted by atomic mass is 9.93. The molecule has 0 aliphatic carbocycles. The van der Waals surface area contributed by atoms with E-state index in [0.29, 0.717) is 23.4 Å². The number of carbonyl (C=O) groups excluding carboxylic acids is 1. The second-order valence-corrected chi connectivity index (χ2v) is 10.8. The second kappa shape index (κ2) is 8.84. The Labute approximate surface area is 210 Å². The van der Waals surface area contributed by atoms with Gasteiger partial charge in [0.15, 0.2) is 17.3 Å². The average molecular weight is 532 g/mol. The number of hydrogen-bond acceptors (Lipinski definition) is 6. The van der Waals surface area contributed by atoms with Crippen molar-refractivity contribution in [3.05, 3.63) is 92.9 Å². The first kappa shape index (κ1) is 22.9. The van der Waals surface area contributed by atoms with Crippen molar-refractivity contribution in [3.8, 4) is 5.75 Å². The van der Waals surface area contributed by atoms with E-state index in [4.69, 9.17) is 4.52 Å². The molecule has 1 fully saturated rings. The molecule has 0 radical (unpaired) electrons. The van der Waals surface area contributed by atoms with E-state index in [1.165, 1.54) is 17.8 Å². The highest BCUT2D eigenvalue weighted by atomic mass is 32.2. The number of thioether (sulfide) groups is 2. The highest BCUT2D eigenvalue weighted by Gasteiger charge is 2.46. The van der Waals surface area contributed by atoms with Crippen LogP contribution in [0.1, 0.15) is 33.2 Å².